The van der Waals surface area contributed by atoms with Crippen LogP contribution in [0.3, 0.4) is 0 Å². The maximum absolute atomic E-state index is 10.6. The van der Waals surface area contributed by atoms with Gasteiger partial charge in [-0.1, -0.05) is 0 Å². The second-order valence-corrected chi connectivity index (χ2v) is 4.30. The van der Waals surface area contributed by atoms with Gasteiger partial charge in [-0.25, -0.2) is 8.98 Å². The molecule has 100 valence electrons. The van der Waals surface area contributed by atoms with E-state index in [1.54, 1.807) is 0 Å². The molecule has 1 aliphatic heterocycles. The Bertz CT molecular complexity index is 390. The van der Waals surface area contributed by atoms with Crippen LogP contribution in [0.1, 0.15) is 0 Å². The lowest BCUT2D eigenvalue weighted by atomic mass is 9.99. The van der Waals surface area contributed by atoms with Gasteiger partial charge in [0.25, 0.3) is 0 Å². The topological polar surface area (TPSA) is 171 Å². The third-order valence-corrected chi connectivity index (χ3v) is 2.50. The van der Waals surface area contributed by atoms with Crippen molar-refractivity contribution in [2.45, 2.75) is 30.7 Å². The molecule has 1 unspecified atom stereocenters. The minimum Gasteiger partial charge on any atom is -0.479 e. The molecular weight excluding hydrogens is 264 g/mol. The molecule has 0 aromatic carbocycles. The number of carbonyl (C=O) groups is 1. The fourth-order valence-electron chi connectivity index (χ4n) is 1.31. The van der Waals surface area contributed by atoms with Crippen LogP contribution in [0.2, 0.25) is 0 Å². The number of hydrogen-bond acceptors (Lipinski definition) is 8. The van der Waals surface area contributed by atoms with E-state index in [1.165, 1.54) is 0 Å². The summed E-state index contributed by atoms with van der Waals surface area (Å²) in [7, 11) is -5.04. The number of ether oxygens (including phenoxy) is 1. The molecule has 5 atom stereocenters. The van der Waals surface area contributed by atoms with E-state index in [0.717, 1.165) is 0 Å². The van der Waals surface area contributed by atoms with Crippen molar-refractivity contribution in [2.24, 2.45) is 0 Å². The fraction of sp³-hybridized carbons (Fsp3) is 0.833. The van der Waals surface area contributed by atoms with Crippen LogP contribution in [0.5, 0.6) is 0 Å². The summed E-state index contributed by atoms with van der Waals surface area (Å²) < 4.78 is 37.4. The number of aliphatic carboxylic acids is 1. The highest BCUT2D eigenvalue weighted by molar-refractivity contribution is 7.80. The Balaban J connectivity index is 2.95. The number of carboxylic acid groups (broad SMARTS) is 1. The van der Waals surface area contributed by atoms with Gasteiger partial charge in [0.15, 0.2) is 12.4 Å². The van der Waals surface area contributed by atoms with Crippen LogP contribution >= 0.6 is 0 Å². The smallest absolute Gasteiger partial charge is 0.397 e. The number of aliphatic hydroxyl groups is 3. The zero-order valence-corrected chi connectivity index (χ0v) is 8.89. The minimum atomic E-state index is -5.04. The zero-order valence-electron chi connectivity index (χ0n) is 8.07. The first kappa shape index (κ1) is 14.2. The molecule has 0 spiro atoms. The van der Waals surface area contributed by atoms with Crippen LogP contribution in [0.15, 0.2) is 0 Å². The van der Waals surface area contributed by atoms with Crippen molar-refractivity contribution in [1.29, 1.82) is 0 Å². The van der Waals surface area contributed by atoms with Gasteiger partial charge in [0.2, 0.25) is 0 Å². The molecule has 1 fully saturated rings. The first-order valence-corrected chi connectivity index (χ1v) is 5.58. The maximum atomic E-state index is 10.6. The molecule has 1 aliphatic rings. The quantitative estimate of drug-likeness (QED) is 0.328. The van der Waals surface area contributed by atoms with Crippen molar-refractivity contribution in [3.63, 3.8) is 0 Å². The fourth-order valence-corrected chi connectivity index (χ4v) is 1.81. The van der Waals surface area contributed by atoms with Gasteiger partial charge in [-0.05, 0) is 0 Å². The average Bonchev–Trinajstić information content (AvgIpc) is 2.16. The van der Waals surface area contributed by atoms with Gasteiger partial charge >= 0.3 is 16.4 Å². The molecule has 10 nitrogen and oxygen atoms in total. The highest BCUT2D eigenvalue weighted by Gasteiger charge is 2.49. The minimum absolute atomic E-state index is 1.70. The van der Waals surface area contributed by atoms with Gasteiger partial charge < -0.3 is 25.2 Å². The molecule has 1 saturated heterocycles. The van der Waals surface area contributed by atoms with Gasteiger partial charge in [-0.3, -0.25) is 4.55 Å². The lowest BCUT2D eigenvalue weighted by Crippen LogP contribution is -2.60. The first-order chi connectivity index (χ1) is 7.63. The summed E-state index contributed by atoms with van der Waals surface area (Å²) in [6.07, 6.45) is -10.3. The van der Waals surface area contributed by atoms with Gasteiger partial charge in [-0.15, -0.1) is 0 Å². The zero-order chi connectivity index (χ0) is 13.4. The molecule has 1 rings (SSSR count). The van der Waals surface area contributed by atoms with E-state index in [0.29, 0.717) is 0 Å². The van der Waals surface area contributed by atoms with Crippen LogP contribution in [-0.4, -0.2) is 70.1 Å². The summed E-state index contributed by atoms with van der Waals surface area (Å²) in [5, 5.41) is 36.3. The summed E-state index contributed by atoms with van der Waals surface area (Å²) in [6, 6.07) is 0. The molecule has 11 heteroatoms. The highest BCUT2D eigenvalue weighted by atomic mass is 32.3. The molecule has 0 amide bonds. The highest BCUT2D eigenvalue weighted by Crippen LogP contribution is 2.23. The van der Waals surface area contributed by atoms with Gasteiger partial charge in [0.1, 0.15) is 18.3 Å². The van der Waals surface area contributed by atoms with E-state index in [2.05, 4.69) is 8.92 Å². The normalized spacial score (nSPS) is 38.9. The SMILES string of the molecule is O=C(O)[C@H]1OC(O)[C@H](O)[C@@H](OS(=O)(=O)O)[C@@H]1O. The van der Waals surface area contributed by atoms with E-state index < -0.39 is 47.1 Å². The number of rotatable bonds is 3. The average molecular weight is 274 g/mol. The second-order valence-electron chi connectivity index (χ2n) is 3.26. The molecule has 0 bridgehead atoms. The van der Waals surface area contributed by atoms with Crippen LogP contribution in [0, 0.1) is 0 Å². The second kappa shape index (κ2) is 4.81. The molecule has 17 heavy (non-hydrogen) atoms. The molecule has 1 heterocycles. The summed E-state index contributed by atoms with van der Waals surface area (Å²) in [5.74, 6) is -1.70. The molecule has 0 radical (unpaired) electrons. The number of carboxylic acids is 1. The van der Waals surface area contributed by atoms with Crippen LogP contribution in [0.4, 0.5) is 0 Å². The van der Waals surface area contributed by atoms with Crippen molar-refractivity contribution < 1.29 is 47.1 Å². The Morgan fingerprint density at radius 1 is 1.18 bits per heavy atom. The summed E-state index contributed by atoms with van der Waals surface area (Å²) >= 11 is 0. The van der Waals surface area contributed by atoms with E-state index in [1.807, 2.05) is 0 Å². The van der Waals surface area contributed by atoms with Gasteiger partial charge in [0, 0.05) is 0 Å². The standard InChI is InChI=1S/C6H10O10S/c7-1-3(16-17(12,13)14)2(8)6(11)15-4(1)5(9)10/h1-4,6-8,11H,(H,9,10)(H,12,13,14)/t1-,2+,3-,4-,6?/m0/s1. The Morgan fingerprint density at radius 3 is 2.12 bits per heavy atom. The summed E-state index contributed by atoms with van der Waals surface area (Å²) in [4.78, 5) is 10.6. The number of aliphatic hydroxyl groups excluding tert-OH is 3. The Hall–Kier alpha value is -0.820. The van der Waals surface area contributed by atoms with Gasteiger partial charge in [0.05, 0.1) is 0 Å². The molecule has 0 aliphatic carbocycles. The molecule has 5 N–H and O–H groups in total. The Labute approximate surface area is 95.0 Å². The van der Waals surface area contributed by atoms with Crippen molar-refractivity contribution in [2.75, 3.05) is 0 Å². The maximum Gasteiger partial charge on any atom is 0.397 e. The third-order valence-electron chi connectivity index (χ3n) is 2.04. The molecular formula is C6H10O10S. The van der Waals surface area contributed by atoms with E-state index in [4.69, 9.17) is 14.8 Å². The van der Waals surface area contributed by atoms with Crippen molar-refractivity contribution >= 4 is 16.4 Å². The largest absolute Gasteiger partial charge is 0.479 e. The molecule has 0 saturated carbocycles. The predicted molar refractivity (Wildman–Crippen MR) is 47.0 cm³/mol. The summed E-state index contributed by atoms with van der Waals surface area (Å²) in [5.41, 5.74) is 0. The lowest BCUT2D eigenvalue weighted by Gasteiger charge is -2.37. The lowest BCUT2D eigenvalue weighted by molar-refractivity contribution is -0.275. The van der Waals surface area contributed by atoms with Crippen LogP contribution in [0.25, 0.3) is 0 Å². The van der Waals surface area contributed by atoms with Crippen molar-refractivity contribution in [3.05, 3.63) is 0 Å². The first-order valence-electron chi connectivity index (χ1n) is 4.21. The monoisotopic (exact) mass is 274 g/mol. The van der Waals surface area contributed by atoms with E-state index in [9.17, 15) is 23.4 Å². The van der Waals surface area contributed by atoms with Crippen LogP contribution in [-0.2, 0) is 24.1 Å². The van der Waals surface area contributed by atoms with Crippen LogP contribution < -0.4 is 0 Å². The third kappa shape index (κ3) is 3.32. The van der Waals surface area contributed by atoms with E-state index >= 15 is 0 Å². The van der Waals surface area contributed by atoms with Gasteiger partial charge in [-0.2, -0.15) is 8.42 Å². The van der Waals surface area contributed by atoms with Crippen molar-refractivity contribution in [1.82, 2.24) is 0 Å². The molecule has 0 aromatic heterocycles. The Morgan fingerprint density at radius 2 is 1.71 bits per heavy atom. The van der Waals surface area contributed by atoms with Crippen molar-refractivity contribution in [3.8, 4) is 0 Å². The number of hydrogen-bond donors (Lipinski definition) is 5. The van der Waals surface area contributed by atoms with E-state index in [-0.39, 0.29) is 0 Å². The molecule has 0 aromatic rings. The summed E-state index contributed by atoms with van der Waals surface area (Å²) in [6.45, 7) is 0. The Kier molecular flexibility index (Phi) is 4.03. The predicted octanol–water partition coefficient (Wildman–Crippen LogP) is -3.30.